The zero-order chi connectivity index (χ0) is 19.8. The molecule has 0 radical (unpaired) electrons. The third-order valence-electron chi connectivity index (χ3n) is 5.43. The molecule has 0 bridgehead atoms. The number of benzene rings is 2. The van der Waals surface area contributed by atoms with Gasteiger partial charge in [0.15, 0.2) is 0 Å². The molecule has 2 aromatic rings. The van der Waals surface area contributed by atoms with Crippen molar-refractivity contribution < 1.29 is 14.1 Å². The van der Waals surface area contributed by atoms with Gasteiger partial charge >= 0.3 is 7.12 Å². The van der Waals surface area contributed by atoms with E-state index in [0.717, 1.165) is 27.5 Å². The summed E-state index contributed by atoms with van der Waals surface area (Å²) in [5.41, 5.74) is 7.83. The largest absolute Gasteiger partial charge is 0.492 e. The van der Waals surface area contributed by atoms with E-state index >= 15 is 0 Å². The third kappa shape index (κ3) is 3.87. The van der Waals surface area contributed by atoms with Gasteiger partial charge in [-0.2, -0.15) is 0 Å². The van der Waals surface area contributed by atoms with E-state index in [2.05, 4.69) is 5.32 Å². The number of carbonyl (C=O) groups excluding carboxylic acids is 1. The Labute approximate surface area is 161 Å². The van der Waals surface area contributed by atoms with Crippen LogP contribution in [0.5, 0.6) is 0 Å². The minimum absolute atomic E-state index is 0.0976. The molecule has 3 N–H and O–H groups in total. The first kappa shape index (κ1) is 19.5. The molecule has 0 saturated carbocycles. The Bertz CT molecular complexity index is 889. The topological polar surface area (TPSA) is 73.6 Å². The molecule has 0 spiro atoms. The summed E-state index contributed by atoms with van der Waals surface area (Å²) in [5.74, 6) is -0.0976. The maximum Gasteiger partial charge on any atom is 0.492 e. The second-order valence-corrected chi connectivity index (χ2v) is 8.01. The number of anilines is 1. The summed E-state index contributed by atoms with van der Waals surface area (Å²) in [6.45, 7) is 9.91. The number of rotatable bonds is 4. The van der Waals surface area contributed by atoms with Crippen LogP contribution in [-0.4, -0.2) is 30.8 Å². The molecule has 1 heterocycles. The molecule has 1 aliphatic heterocycles. The second kappa shape index (κ2) is 7.02. The highest BCUT2D eigenvalue weighted by Gasteiger charge is 2.52. The lowest BCUT2D eigenvalue weighted by Crippen LogP contribution is -2.41. The van der Waals surface area contributed by atoms with Gasteiger partial charge in [0.25, 0.3) is 0 Å². The summed E-state index contributed by atoms with van der Waals surface area (Å²) in [4.78, 5) is 11.5. The summed E-state index contributed by atoms with van der Waals surface area (Å²) < 4.78 is 12.4. The first-order valence-electron chi connectivity index (χ1n) is 9.18. The average Bonchev–Trinajstić information content (AvgIpc) is 2.81. The van der Waals surface area contributed by atoms with Crippen LogP contribution in [-0.2, 0) is 14.1 Å². The number of amides is 1. The van der Waals surface area contributed by atoms with E-state index in [1.165, 1.54) is 6.92 Å². The molecule has 1 aliphatic rings. The highest BCUT2D eigenvalue weighted by molar-refractivity contribution is 6.56. The fourth-order valence-corrected chi connectivity index (χ4v) is 3.09. The van der Waals surface area contributed by atoms with Gasteiger partial charge in [0.1, 0.15) is 0 Å². The highest BCUT2D eigenvalue weighted by Crippen LogP contribution is 2.39. The van der Waals surface area contributed by atoms with E-state index in [-0.39, 0.29) is 5.91 Å². The summed E-state index contributed by atoms with van der Waals surface area (Å²) in [7, 11) is -0.529. The Morgan fingerprint density at radius 3 is 2.26 bits per heavy atom. The van der Waals surface area contributed by atoms with Crippen LogP contribution in [0, 0.1) is 0 Å². The monoisotopic (exact) mass is 366 g/mol. The SMILES string of the molecule is CC(=O)NCC(=Cc1ccc(N)c2ccccc12)B1OC(C)(C)C(C)(C)O1. The van der Waals surface area contributed by atoms with Gasteiger partial charge in [-0.1, -0.05) is 36.4 Å². The standard InChI is InChI=1S/C21H27BN2O3/c1-14(25)24-13-16(22-26-20(2,3)21(4,5)27-22)12-15-10-11-19(23)18-9-7-6-8-17(15)18/h6-12H,13,23H2,1-5H3,(H,24,25). The van der Waals surface area contributed by atoms with Crippen molar-refractivity contribution in [3.63, 3.8) is 0 Å². The fourth-order valence-electron chi connectivity index (χ4n) is 3.09. The number of nitrogens with one attached hydrogen (secondary N) is 1. The number of hydrogen-bond acceptors (Lipinski definition) is 4. The quantitative estimate of drug-likeness (QED) is 0.641. The Balaban J connectivity index is 2.04. The van der Waals surface area contributed by atoms with Gasteiger partial charge in [0.2, 0.25) is 5.91 Å². The van der Waals surface area contributed by atoms with Crippen molar-refractivity contribution in [2.45, 2.75) is 45.8 Å². The number of hydrogen-bond donors (Lipinski definition) is 2. The van der Waals surface area contributed by atoms with E-state index < -0.39 is 18.3 Å². The maximum atomic E-state index is 11.5. The molecule has 1 amide bonds. The van der Waals surface area contributed by atoms with E-state index in [1.54, 1.807) is 0 Å². The average molecular weight is 366 g/mol. The maximum absolute atomic E-state index is 11.5. The van der Waals surface area contributed by atoms with Crippen molar-refractivity contribution in [2.75, 3.05) is 12.3 Å². The molecule has 1 saturated heterocycles. The third-order valence-corrected chi connectivity index (χ3v) is 5.43. The molecule has 0 aliphatic carbocycles. The van der Waals surface area contributed by atoms with Crippen LogP contribution in [0.25, 0.3) is 16.8 Å². The van der Waals surface area contributed by atoms with Gasteiger partial charge in [0.05, 0.1) is 11.2 Å². The Hall–Kier alpha value is -2.31. The Kier molecular flexibility index (Phi) is 5.06. The lowest BCUT2D eigenvalue weighted by Gasteiger charge is -2.32. The lowest BCUT2D eigenvalue weighted by molar-refractivity contribution is -0.118. The van der Waals surface area contributed by atoms with E-state index in [0.29, 0.717) is 6.54 Å². The molecule has 27 heavy (non-hydrogen) atoms. The predicted octanol–water partition coefficient (Wildman–Crippen LogP) is 3.57. The number of carbonyl (C=O) groups is 1. The molecule has 2 aromatic carbocycles. The van der Waals surface area contributed by atoms with Crippen molar-refractivity contribution in [3.05, 3.63) is 47.4 Å². The molecule has 142 valence electrons. The molecule has 0 unspecified atom stereocenters. The number of fused-ring (bicyclic) bond motifs is 1. The first-order chi connectivity index (χ1) is 12.6. The Morgan fingerprint density at radius 1 is 1.07 bits per heavy atom. The van der Waals surface area contributed by atoms with Crippen molar-refractivity contribution in [1.29, 1.82) is 0 Å². The van der Waals surface area contributed by atoms with Crippen molar-refractivity contribution in [1.82, 2.24) is 5.32 Å². The number of nitrogens with two attached hydrogens (primary N) is 1. The predicted molar refractivity (Wildman–Crippen MR) is 111 cm³/mol. The molecular weight excluding hydrogens is 339 g/mol. The molecule has 1 fully saturated rings. The first-order valence-corrected chi connectivity index (χ1v) is 9.18. The van der Waals surface area contributed by atoms with Crippen molar-refractivity contribution in [3.8, 4) is 0 Å². The molecular formula is C21H27BN2O3. The van der Waals surface area contributed by atoms with Crippen LogP contribution in [0.1, 0.15) is 40.2 Å². The van der Waals surface area contributed by atoms with Crippen LogP contribution < -0.4 is 11.1 Å². The summed E-state index contributed by atoms with van der Waals surface area (Å²) in [6.07, 6.45) is 2.03. The number of nitrogen functional groups attached to an aromatic ring is 1. The van der Waals surface area contributed by atoms with E-state index in [4.69, 9.17) is 15.0 Å². The normalized spacial score (nSPS) is 18.7. The van der Waals surface area contributed by atoms with Crippen LogP contribution in [0.4, 0.5) is 5.69 Å². The molecule has 6 heteroatoms. The minimum atomic E-state index is -0.529. The molecule has 3 rings (SSSR count). The summed E-state index contributed by atoms with van der Waals surface area (Å²) >= 11 is 0. The van der Waals surface area contributed by atoms with Crippen molar-refractivity contribution in [2.24, 2.45) is 0 Å². The zero-order valence-corrected chi connectivity index (χ0v) is 16.6. The van der Waals surface area contributed by atoms with Gasteiger partial charge in [-0.3, -0.25) is 4.79 Å². The van der Waals surface area contributed by atoms with Crippen molar-refractivity contribution >= 4 is 35.6 Å². The second-order valence-electron chi connectivity index (χ2n) is 8.01. The summed E-state index contributed by atoms with van der Waals surface area (Å²) in [5, 5.41) is 4.91. The van der Waals surface area contributed by atoms with Crippen LogP contribution in [0.3, 0.4) is 0 Å². The fraction of sp³-hybridized carbons (Fsp3) is 0.381. The Morgan fingerprint density at radius 2 is 1.67 bits per heavy atom. The lowest BCUT2D eigenvalue weighted by atomic mass is 9.76. The van der Waals surface area contributed by atoms with Crippen LogP contribution in [0.15, 0.2) is 41.9 Å². The zero-order valence-electron chi connectivity index (χ0n) is 16.6. The summed E-state index contributed by atoms with van der Waals surface area (Å²) in [6, 6.07) is 11.9. The van der Waals surface area contributed by atoms with Gasteiger partial charge in [-0.05, 0) is 50.2 Å². The minimum Gasteiger partial charge on any atom is -0.400 e. The van der Waals surface area contributed by atoms with Gasteiger partial charge in [0, 0.05) is 24.5 Å². The molecule has 0 aromatic heterocycles. The molecule has 0 atom stereocenters. The van der Waals surface area contributed by atoms with E-state index in [9.17, 15) is 4.79 Å². The molecule has 5 nitrogen and oxygen atoms in total. The van der Waals surface area contributed by atoms with Crippen LogP contribution in [0.2, 0.25) is 0 Å². The van der Waals surface area contributed by atoms with E-state index in [1.807, 2.05) is 70.2 Å². The van der Waals surface area contributed by atoms with Gasteiger partial charge in [-0.15, -0.1) is 0 Å². The van der Waals surface area contributed by atoms with Crippen LogP contribution >= 0.6 is 0 Å². The van der Waals surface area contributed by atoms with Gasteiger partial charge < -0.3 is 20.4 Å². The van der Waals surface area contributed by atoms with Gasteiger partial charge in [-0.25, -0.2) is 0 Å². The highest BCUT2D eigenvalue weighted by atomic mass is 16.7. The smallest absolute Gasteiger partial charge is 0.400 e.